The molecule has 2 unspecified atom stereocenters. The number of rotatable bonds is 2. The summed E-state index contributed by atoms with van der Waals surface area (Å²) in [4.78, 5) is 0.222. The first kappa shape index (κ1) is 17.9. The molecule has 0 bridgehead atoms. The first-order chi connectivity index (χ1) is 9.36. The van der Waals surface area contributed by atoms with Gasteiger partial charge < -0.3 is 5.73 Å². The lowest BCUT2D eigenvalue weighted by molar-refractivity contribution is 0.250. The Morgan fingerprint density at radius 3 is 2.67 bits per heavy atom. The van der Waals surface area contributed by atoms with Gasteiger partial charge in [-0.1, -0.05) is 13.0 Å². The number of benzene rings is 1. The van der Waals surface area contributed by atoms with Crippen LogP contribution in [-0.4, -0.2) is 31.9 Å². The normalized spacial score (nSPS) is 23.1. The molecule has 2 rings (SSSR count). The van der Waals surface area contributed by atoms with Crippen molar-refractivity contribution < 1.29 is 8.42 Å². The van der Waals surface area contributed by atoms with Gasteiger partial charge in [0.2, 0.25) is 10.0 Å². The Bertz CT molecular complexity index is 655. The fourth-order valence-corrected chi connectivity index (χ4v) is 4.24. The number of nitrogens with zero attached hydrogens (tertiary/aromatic N) is 2. The number of aryl methyl sites for hydroxylation is 1. The van der Waals surface area contributed by atoms with E-state index in [2.05, 4.69) is 0 Å². The van der Waals surface area contributed by atoms with Crippen molar-refractivity contribution in [3.05, 3.63) is 29.3 Å². The second-order valence-corrected chi connectivity index (χ2v) is 7.29. The van der Waals surface area contributed by atoms with Gasteiger partial charge in [0, 0.05) is 19.1 Å². The van der Waals surface area contributed by atoms with E-state index in [4.69, 9.17) is 11.0 Å². The van der Waals surface area contributed by atoms with Gasteiger partial charge in [0.25, 0.3) is 0 Å². The standard InChI is InChI=1S/C14H19N3O2S.ClH/c1-10-3-4-12(8-15)7-14(10)20(18,19)17-6-5-13(16)11(2)9-17;/h3-4,7,11,13H,5-6,9,16H2,1-2H3;1H. The molecular formula is C14H20ClN3O2S. The predicted octanol–water partition coefficient (Wildman–Crippen LogP) is 1.65. The molecule has 5 nitrogen and oxygen atoms in total. The summed E-state index contributed by atoms with van der Waals surface area (Å²) < 4.78 is 26.9. The van der Waals surface area contributed by atoms with E-state index in [-0.39, 0.29) is 29.3 Å². The number of piperidine rings is 1. The van der Waals surface area contributed by atoms with Gasteiger partial charge in [-0.15, -0.1) is 12.4 Å². The lowest BCUT2D eigenvalue weighted by Gasteiger charge is -2.34. The van der Waals surface area contributed by atoms with Gasteiger partial charge in [0.05, 0.1) is 16.5 Å². The maximum atomic E-state index is 12.7. The average molecular weight is 330 g/mol. The van der Waals surface area contributed by atoms with Crippen LogP contribution < -0.4 is 5.73 Å². The van der Waals surface area contributed by atoms with Crippen LogP contribution in [-0.2, 0) is 10.0 Å². The van der Waals surface area contributed by atoms with Gasteiger partial charge >= 0.3 is 0 Å². The molecule has 116 valence electrons. The highest BCUT2D eigenvalue weighted by Crippen LogP contribution is 2.25. The minimum Gasteiger partial charge on any atom is -0.327 e. The van der Waals surface area contributed by atoms with E-state index in [1.54, 1.807) is 19.1 Å². The Morgan fingerprint density at radius 1 is 1.43 bits per heavy atom. The Morgan fingerprint density at radius 2 is 2.10 bits per heavy atom. The fraction of sp³-hybridized carbons (Fsp3) is 0.500. The molecule has 2 atom stereocenters. The van der Waals surface area contributed by atoms with E-state index in [0.29, 0.717) is 30.6 Å². The highest BCUT2D eigenvalue weighted by atomic mass is 35.5. The first-order valence-electron chi connectivity index (χ1n) is 6.62. The third kappa shape index (κ3) is 3.55. The van der Waals surface area contributed by atoms with Crippen LogP contribution in [0.5, 0.6) is 0 Å². The van der Waals surface area contributed by atoms with E-state index in [9.17, 15) is 8.42 Å². The monoisotopic (exact) mass is 329 g/mol. The number of hydrogen-bond donors (Lipinski definition) is 1. The number of nitrogens with two attached hydrogens (primary N) is 1. The van der Waals surface area contributed by atoms with Crippen LogP contribution in [0.1, 0.15) is 24.5 Å². The maximum Gasteiger partial charge on any atom is 0.243 e. The summed E-state index contributed by atoms with van der Waals surface area (Å²) in [7, 11) is -3.55. The minimum atomic E-state index is -3.55. The van der Waals surface area contributed by atoms with Crippen LogP contribution in [0.15, 0.2) is 23.1 Å². The van der Waals surface area contributed by atoms with E-state index in [1.165, 1.54) is 10.4 Å². The molecule has 1 aliphatic rings. The van der Waals surface area contributed by atoms with Crippen molar-refractivity contribution in [1.82, 2.24) is 4.31 Å². The van der Waals surface area contributed by atoms with E-state index in [0.717, 1.165) is 0 Å². The van der Waals surface area contributed by atoms with Crippen LogP contribution in [0.2, 0.25) is 0 Å². The molecule has 0 saturated carbocycles. The predicted molar refractivity (Wildman–Crippen MR) is 83.7 cm³/mol. The zero-order chi connectivity index (χ0) is 14.9. The van der Waals surface area contributed by atoms with Gasteiger partial charge in [0.15, 0.2) is 0 Å². The topological polar surface area (TPSA) is 87.2 Å². The fourth-order valence-electron chi connectivity index (χ4n) is 2.43. The van der Waals surface area contributed by atoms with Gasteiger partial charge in [-0.3, -0.25) is 0 Å². The molecule has 0 aliphatic carbocycles. The summed E-state index contributed by atoms with van der Waals surface area (Å²) >= 11 is 0. The molecule has 1 saturated heterocycles. The Hall–Kier alpha value is -1.13. The van der Waals surface area contributed by atoms with Crippen molar-refractivity contribution in [3.63, 3.8) is 0 Å². The van der Waals surface area contributed by atoms with Gasteiger partial charge in [-0.05, 0) is 37.0 Å². The molecule has 1 aliphatic heterocycles. The molecule has 21 heavy (non-hydrogen) atoms. The summed E-state index contributed by atoms with van der Waals surface area (Å²) in [5.74, 6) is 0.137. The van der Waals surface area contributed by atoms with E-state index in [1.807, 2.05) is 13.0 Å². The quantitative estimate of drug-likeness (QED) is 0.893. The lowest BCUT2D eigenvalue weighted by atomic mass is 9.96. The highest BCUT2D eigenvalue weighted by molar-refractivity contribution is 7.89. The Balaban J connectivity index is 0.00000220. The maximum absolute atomic E-state index is 12.7. The number of halogens is 1. The summed E-state index contributed by atoms with van der Waals surface area (Å²) in [5.41, 5.74) is 6.95. The van der Waals surface area contributed by atoms with Crippen molar-refractivity contribution in [2.45, 2.75) is 31.2 Å². The summed E-state index contributed by atoms with van der Waals surface area (Å²) in [6.07, 6.45) is 0.664. The number of sulfonamides is 1. The second-order valence-electron chi connectivity index (χ2n) is 5.38. The van der Waals surface area contributed by atoms with Crippen molar-refractivity contribution in [2.75, 3.05) is 13.1 Å². The van der Waals surface area contributed by atoms with Crippen LogP contribution in [0.4, 0.5) is 0 Å². The summed E-state index contributed by atoms with van der Waals surface area (Å²) in [5, 5.41) is 8.93. The van der Waals surface area contributed by atoms with Crippen LogP contribution >= 0.6 is 12.4 Å². The molecule has 1 heterocycles. The smallest absolute Gasteiger partial charge is 0.243 e. The van der Waals surface area contributed by atoms with Crippen LogP contribution in [0.25, 0.3) is 0 Å². The zero-order valence-electron chi connectivity index (χ0n) is 12.1. The minimum absolute atomic E-state index is 0. The molecule has 0 radical (unpaired) electrons. The van der Waals surface area contributed by atoms with Gasteiger partial charge in [-0.25, -0.2) is 8.42 Å². The van der Waals surface area contributed by atoms with Crippen molar-refractivity contribution in [2.24, 2.45) is 11.7 Å². The summed E-state index contributed by atoms with van der Waals surface area (Å²) in [6.45, 7) is 4.57. The first-order valence-corrected chi connectivity index (χ1v) is 8.06. The van der Waals surface area contributed by atoms with E-state index < -0.39 is 10.0 Å². The van der Waals surface area contributed by atoms with E-state index >= 15 is 0 Å². The molecule has 0 aromatic heterocycles. The third-order valence-electron chi connectivity index (χ3n) is 3.87. The highest BCUT2D eigenvalue weighted by Gasteiger charge is 2.32. The van der Waals surface area contributed by atoms with Gasteiger partial charge in [-0.2, -0.15) is 9.57 Å². The van der Waals surface area contributed by atoms with Crippen molar-refractivity contribution in [3.8, 4) is 6.07 Å². The number of hydrogen-bond acceptors (Lipinski definition) is 4. The SMILES string of the molecule is Cc1ccc(C#N)cc1S(=O)(=O)N1CCC(N)C(C)C1.Cl. The van der Waals surface area contributed by atoms with Crippen LogP contribution in [0, 0.1) is 24.2 Å². The van der Waals surface area contributed by atoms with Gasteiger partial charge in [0.1, 0.15) is 0 Å². The molecule has 7 heteroatoms. The zero-order valence-corrected chi connectivity index (χ0v) is 13.7. The Kier molecular flexibility index (Phi) is 5.76. The molecule has 1 fully saturated rings. The second kappa shape index (κ2) is 6.75. The number of nitriles is 1. The molecule has 1 aromatic rings. The third-order valence-corrected chi connectivity index (χ3v) is 5.88. The van der Waals surface area contributed by atoms with Crippen molar-refractivity contribution in [1.29, 1.82) is 5.26 Å². The molecule has 0 spiro atoms. The molecule has 1 aromatic carbocycles. The average Bonchev–Trinajstić information content (AvgIpc) is 2.42. The van der Waals surface area contributed by atoms with Crippen molar-refractivity contribution >= 4 is 22.4 Å². The largest absolute Gasteiger partial charge is 0.327 e. The molecule has 0 amide bonds. The Labute approximate surface area is 132 Å². The summed E-state index contributed by atoms with van der Waals surface area (Å²) in [6, 6.07) is 6.78. The lowest BCUT2D eigenvalue weighted by Crippen LogP contribution is -2.48. The molecule has 2 N–H and O–H groups in total. The van der Waals surface area contributed by atoms with Crippen LogP contribution in [0.3, 0.4) is 0 Å². The molecular weight excluding hydrogens is 310 g/mol.